The van der Waals surface area contributed by atoms with Crippen LogP contribution in [0, 0.1) is 0 Å². The molecule has 0 saturated carbocycles. The van der Waals surface area contributed by atoms with Crippen LogP contribution in [0.25, 0.3) is 0 Å². The molecule has 0 aromatic heterocycles. The highest BCUT2D eigenvalue weighted by Crippen LogP contribution is 2.24. The van der Waals surface area contributed by atoms with Gasteiger partial charge < -0.3 is 18.8 Å². The molecule has 0 spiro atoms. The van der Waals surface area contributed by atoms with Gasteiger partial charge in [-0.1, -0.05) is 0 Å². The quantitative estimate of drug-likeness (QED) is 0.345. The number of aliphatic hydroxyl groups is 1. The first-order chi connectivity index (χ1) is 7.03. The van der Waals surface area contributed by atoms with Crippen molar-refractivity contribution in [2.75, 3.05) is 13.2 Å². The van der Waals surface area contributed by atoms with Crippen molar-refractivity contribution in [1.82, 2.24) is 0 Å². The number of halogens is 1. The zero-order valence-electron chi connectivity index (χ0n) is 8.94. The molecule has 90 valence electrons. The summed E-state index contributed by atoms with van der Waals surface area (Å²) in [6.45, 7) is 4.62. The molecule has 15 heavy (non-hydrogen) atoms. The van der Waals surface area contributed by atoms with Crippen LogP contribution in [-0.2, 0) is 13.7 Å². The highest BCUT2D eigenvalue weighted by Gasteiger charge is 2.32. The fraction of sp³-hybridized carbons (Fsp3) is 1.00. The molecule has 1 N–H and O–H groups in total. The molecule has 1 fully saturated rings. The molecule has 1 saturated heterocycles. The molecule has 1 aliphatic heterocycles. The first-order valence-corrected chi connectivity index (χ1v) is 8.23. The van der Waals surface area contributed by atoms with Gasteiger partial charge in [0.05, 0.1) is 28.0 Å². The van der Waals surface area contributed by atoms with Crippen LogP contribution in [-0.4, -0.2) is 36.3 Å². The fourth-order valence-corrected chi connectivity index (χ4v) is 2.30. The Hall–Kier alpha value is 0.920. The van der Waals surface area contributed by atoms with Crippen molar-refractivity contribution in [1.29, 1.82) is 0 Å². The van der Waals surface area contributed by atoms with E-state index in [-0.39, 0.29) is 12.2 Å². The first-order valence-electron chi connectivity index (χ1n) is 4.95. The molecule has 2 atom stereocenters. The van der Waals surface area contributed by atoms with Gasteiger partial charge in [0, 0.05) is 34.2 Å². The van der Waals surface area contributed by atoms with Crippen LogP contribution in [0.15, 0.2) is 0 Å². The van der Waals surface area contributed by atoms with Crippen LogP contribution in [0.1, 0.15) is 26.7 Å². The normalized spacial score (nSPS) is 27.2. The van der Waals surface area contributed by atoms with Gasteiger partial charge in [-0.25, -0.2) is 0 Å². The summed E-state index contributed by atoms with van der Waals surface area (Å²) in [5.74, 6) is -1.09. The largest absolute Gasteiger partial charge is 0.375 e. The summed E-state index contributed by atoms with van der Waals surface area (Å²) in [6.07, 6.45) is 1.66. The second-order valence-electron chi connectivity index (χ2n) is 3.97. The van der Waals surface area contributed by atoms with Gasteiger partial charge in [-0.05, 0) is 20.3 Å². The predicted octanol–water partition coefficient (Wildman–Crippen LogP) is 2.29. The Morgan fingerprint density at radius 1 is 1.60 bits per heavy atom. The molecule has 1 heterocycles. The molecule has 2 unspecified atom stereocenters. The molecule has 0 aliphatic carbocycles. The summed E-state index contributed by atoms with van der Waals surface area (Å²) < 4.78 is 16.2. The summed E-state index contributed by atoms with van der Waals surface area (Å²) in [7, 11) is 1.32. The van der Waals surface area contributed by atoms with Gasteiger partial charge in [0.15, 0.2) is 5.79 Å². The Kier molecular flexibility index (Phi) is 6.16. The number of hydrogen-bond donors (Lipinski definition) is 1. The highest BCUT2D eigenvalue weighted by atomic mass is 127. The summed E-state index contributed by atoms with van der Waals surface area (Å²) in [4.78, 5) is 0. The van der Waals surface area contributed by atoms with E-state index in [1.807, 2.05) is 0 Å². The zero-order valence-corrected chi connectivity index (χ0v) is 11.9. The Morgan fingerprint density at radius 2 is 2.33 bits per heavy atom. The minimum atomic E-state index is -1.09. The van der Waals surface area contributed by atoms with E-state index in [9.17, 15) is 5.11 Å². The van der Waals surface area contributed by atoms with Gasteiger partial charge in [-0.2, -0.15) is 0 Å². The van der Waals surface area contributed by atoms with E-state index in [2.05, 4.69) is 21.2 Å². The van der Waals surface area contributed by atoms with E-state index in [1.165, 1.54) is 9.21 Å². The van der Waals surface area contributed by atoms with Gasteiger partial charge in [0.25, 0.3) is 0 Å². The van der Waals surface area contributed by atoms with Crippen LogP contribution in [0.4, 0.5) is 0 Å². The van der Waals surface area contributed by atoms with E-state index in [4.69, 9.17) is 13.7 Å². The van der Waals surface area contributed by atoms with Crippen LogP contribution in [0.5, 0.6) is 0 Å². The Balaban J connectivity index is 2.29. The molecular weight excluding hydrogens is 331 g/mol. The third-order valence-corrected chi connectivity index (χ3v) is 3.14. The maximum Gasteiger partial charge on any atom is 0.160 e. The van der Waals surface area contributed by atoms with Crippen molar-refractivity contribution < 1.29 is 18.8 Å². The average Bonchev–Trinajstić information content (AvgIpc) is 2.50. The van der Waals surface area contributed by atoms with Crippen molar-refractivity contribution >= 4 is 30.4 Å². The highest BCUT2D eigenvalue weighted by molar-refractivity contribution is 14.2. The summed E-state index contributed by atoms with van der Waals surface area (Å²) >= 11 is 2.08. The van der Waals surface area contributed by atoms with Crippen LogP contribution in [0.3, 0.4) is 0 Å². The van der Waals surface area contributed by atoms with E-state index >= 15 is 0 Å². The maximum absolute atomic E-state index is 9.55. The smallest absolute Gasteiger partial charge is 0.160 e. The topological polar surface area (TPSA) is 47.9 Å². The summed E-state index contributed by atoms with van der Waals surface area (Å²) in [5.41, 5.74) is 0. The molecule has 1 aliphatic rings. The Labute approximate surface area is 107 Å². The molecular formula is C9H17IO4S. The van der Waals surface area contributed by atoms with Gasteiger partial charge >= 0.3 is 0 Å². The van der Waals surface area contributed by atoms with Gasteiger partial charge in [-0.15, -0.1) is 0 Å². The summed E-state index contributed by atoms with van der Waals surface area (Å²) in [5, 5.41) is 9.55. The van der Waals surface area contributed by atoms with Crippen LogP contribution >= 0.6 is 30.4 Å². The molecule has 0 aromatic rings. The van der Waals surface area contributed by atoms with Crippen molar-refractivity contribution in [3.05, 3.63) is 0 Å². The third kappa shape index (κ3) is 5.69. The van der Waals surface area contributed by atoms with Crippen molar-refractivity contribution in [3.8, 4) is 0 Å². The van der Waals surface area contributed by atoms with Gasteiger partial charge in [0.2, 0.25) is 0 Å². The van der Waals surface area contributed by atoms with E-state index in [1.54, 1.807) is 13.8 Å². The summed E-state index contributed by atoms with van der Waals surface area (Å²) in [6, 6.07) is 0. The Bertz CT molecular complexity index is 185. The van der Waals surface area contributed by atoms with E-state index < -0.39 is 5.79 Å². The lowest BCUT2D eigenvalue weighted by Crippen LogP contribution is -2.35. The molecule has 0 bridgehead atoms. The average molecular weight is 348 g/mol. The molecule has 1 rings (SSSR count). The third-order valence-electron chi connectivity index (χ3n) is 2.12. The lowest BCUT2D eigenvalue weighted by atomic mass is 10.1. The standard InChI is InChI=1S/C9H17IO4S/c1-9(2,11)14-8-3-5-12-7(8)4-6-13-15-10/h7-8,11H,3-6H2,1-2H3. The molecule has 0 amide bonds. The monoisotopic (exact) mass is 348 g/mol. The lowest BCUT2D eigenvalue weighted by molar-refractivity contribution is -0.214. The minimum Gasteiger partial charge on any atom is -0.375 e. The van der Waals surface area contributed by atoms with E-state index in [0.717, 1.165) is 12.8 Å². The predicted molar refractivity (Wildman–Crippen MR) is 67.7 cm³/mol. The minimum absolute atomic E-state index is 0.0205. The second-order valence-corrected chi connectivity index (χ2v) is 5.42. The lowest BCUT2D eigenvalue weighted by Gasteiger charge is -2.26. The second kappa shape index (κ2) is 6.61. The maximum atomic E-state index is 9.55. The molecule has 0 radical (unpaired) electrons. The van der Waals surface area contributed by atoms with Crippen molar-refractivity contribution in [2.45, 2.75) is 44.7 Å². The molecule has 0 aromatic carbocycles. The number of hydrogen-bond acceptors (Lipinski definition) is 5. The van der Waals surface area contributed by atoms with Crippen LogP contribution in [0.2, 0.25) is 0 Å². The zero-order chi connectivity index (χ0) is 11.3. The number of rotatable bonds is 6. The Morgan fingerprint density at radius 3 is 2.93 bits per heavy atom. The SMILES string of the molecule is CC(C)(O)OC1CCOC1CCOSI. The van der Waals surface area contributed by atoms with Gasteiger partial charge in [-0.3, -0.25) is 0 Å². The van der Waals surface area contributed by atoms with Crippen molar-refractivity contribution in [3.63, 3.8) is 0 Å². The van der Waals surface area contributed by atoms with E-state index in [0.29, 0.717) is 13.2 Å². The number of ether oxygens (including phenoxy) is 2. The van der Waals surface area contributed by atoms with Crippen molar-refractivity contribution in [2.24, 2.45) is 0 Å². The van der Waals surface area contributed by atoms with Crippen LogP contribution < -0.4 is 0 Å². The van der Waals surface area contributed by atoms with Gasteiger partial charge in [0.1, 0.15) is 0 Å². The first kappa shape index (κ1) is 14.0. The molecule has 6 heteroatoms. The molecule has 4 nitrogen and oxygen atoms in total. The fourth-order valence-electron chi connectivity index (χ4n) is 1.60.